The van der Waals surface area contributed by atoms with Gasteiger partial charge in [0.25, 0.3) is 0 Å². The number of rotatable bonds is 7. The number of nitrogens with one attached hydrogen (secondary N) is 1. The molecule has 0 aliphatic carbocycles. The molecule has 0 bridgehead atoms. The van der Waals surface area contributed by atoms with E-state index in [2.05, 4.69) is 5.32 Å². The average molecular weight is 391 g/mol. The monoisotopic (exact) mass is 390 g/mol. The lowest BCUT2D eigenvalue weighted by Gasteiger charge is -2.25. The van der Waals surface area contributed by atoms with Crippen LogP contribution in [0.4, 0.5) is 5.69 Å². The van der Waals surface area contributed by atoms with E-state index < -0.39 is 10.0 Å². The van der Waals surface area contributed by atoms with Gasteiger partial charge in [0, 0.05) is 5.56 Å². The van der Waals surface area contributed by atoms with E-state index in [0.29, 0.717) is 11.4 Å². The number of ether oxygens (including phenoxy) is 1. The molecule has 2 aromatic rings. The Kier molecular flexibility index (Phi) is 6.49. The Hall–Kier alpha value is -2.54. The summed E-state index contributed by atoms with van der Waals surface area (Å²) in [6.45, 7) is 5.30. The fourth-order valence-corrected chi connectivity index (χ4v) is 3.90. The number of hydrogen-bond donors (Lipinski definition) is 1. The van der Waals surface area contributed by atoms with E-state index in [0.717, 1.165) is 27.3 Å². The molecule has 0 aromatic heterocycles. The van der Waals surface area contributed by atoms with Crippen LogP contribution in [-0.4, -0.2) is 34.2 Å². The summed E-state index contributed by atoms with van der Waals surface area (Å²) >= 11 is 0. The molecular weight excluding hydrogens is 364 g/mol. The largest absolute Gasteiger partial charge is 0.496 e. The van der Waals surface area contributed by atoms with Crippen molar-refractivity contribution in [3.05, 3.63) is 59.2 Å². The van der Waals surface area contributed by atoms with Crippen LogP contribution < -0.4 is 14.4 Å². The van der Waals surface area contributed by atoms with Crippen LogP contribution in [0.25, 0.3) is 0 Å². The van der Waals surface area contributed by atoms with Gasteiger partial charge in [0.05, 0.1) is 25.1 Å². The van der Waals surface area contributed by atoms with Gasteiger partial charge in [-0.05, 0) is 38.5 Å². The van der Waals surface area contributed by atoms with E-state index in [4.69, 9.17) is 4.74 Å². The Morgan fingerprint density at radius 2 is 1.85 bits per heavy atom. The minimum absolute atomic E-state index is 0.289. The molecule has 0 aliphatic rings. The molecule has 0 unspecified atom stereocenters. The van der Waals surface area contributed by atoms with Crippen molar-refractivity contribution in [1.29, 1.82) is 0 Å². The van der Waals surface area contributed by atoms with Crippen LogP contribution in [0.5, 0.6) is 5.75 Å². The third-order valence-corrected chi connectivity index (χ3v) is 5.42. The molecule has 0 saturated carbocycles. The van der Waals surface area contributed by atoms with E-state index in [1.54, 1.807) is 13.2 Å². The van der Waals surface area contributed by atoms with E-state index in [1.807, 2.05) is 57.2 Å². The molecule has 2 rings (SSSR count). The molecule has 0 fully saturated rings. The zero-order chi connectivity index (χ0) is 20.2. The molecule has 2 aromatic carbocycles. The van der Waals surface area contributed by atoms with Crippen LogP contribution >= 0.6 is 0 Å². The molecule has 1 amide bonds. The van der Waals surface area contributed by atoms with Crippen LogP contribution in [-0.2, 0) is 14.8 Å². The zero-order valence-corrected chi connectivity index (χ0v) is 17.1. The number of anilines is 1. The lowest BCUT2D eigenvalue weighted by atomic mass is 10.1. The lowest BCUT2D eigenvalue weighted by Crippen LogP contribution is -2.41. The molecule has 0 saturated heterocycles. The smallest absolute Gasteiger partial charge is 0.241 e. The summed E-state index contributed by atoms with van der Waals surface area (Å²) in [5.74, 6) is 0.276. The van der Waals surface area contributed by atoms with Gasteiger partial charge < -0.3 is 10.1 Å². The average Bonchev–Trinajstić information content (AvgIpc) is 2.59. The standard InChI is InChI=1S/C20H26N2O4S/c1-14-10-11-18(15(2)12-14)22(27(5,24)25)13-20(23)21-16(3)17-8-6-7-9-19(17)26-4/h6-12,16H,13H2,1-5H3,(H,21,23)/t16-/m1/s1. The Morgan fingerprint density at radius 3 is 2.44 bits per heavy atom. The molecule has 27 heavy (non-hydrogen) atoms. The summed E-state index contributed by atoms with van der Waals surface area (Å²) in [6.07, 6.45) is 1.10. The predicted octanol–water partition coefficient (Wildman–Crippen LogP) is 2.96. The van der Waals surface area contributed by atoms with Crippen LogP contribution in [0.2, 0.25) is 0 Å². The first kappa shape index (κ1) is 20.8. The highest BCUT2D eigenvalue weighted by Crippen LogP contribution is 2.25. The highest BCUT2D eigenvalue weighted by atomic mass is 32.2. The third-order valence-electron chi connectivity index (χ3n) is 4.29. The van der Waals surface area contributed by atoms with E-state index in [1.165, 1.54) is 0 Å². The SMILES string of the molecule is COc1ccccc1[C@@H](C)NC(=O)CN(c1ccc(C)cc1C)S(C)(=O)=O. The van der Waals surface area contributed by atoms with Gasteiger partial charge in [0.1, 0.15) is 12.3 Å². The Labute approximate surface area is 161 Å². The number of benzene rings is 2. The zero-order valence-electron chi connectivity index (χ0n) is 16.3. The maximum Gasteiger partial charge on any atom is 0.241 e. The molecule has 6 nitrogen and oxygen atoms in total. The van der Waals surface area contributed by atoms with Crippen LogP contribution in [0.1, 0.15) is 29.7 Å². The number of amides is 1. The number of aryl methyl sites for hydroxylation is 2. The molecule has 7 heteroatoms. The highest BCUT2D eigenvalue weighted by Gasteiger charge is 2.23. The van der Waals surface area contributed by atoms with Gasteiger partial charge in [-0.25, -0.2) is 8.42 Å². The number of nitrogens with zero attached hydrogens (tertiary/aromatic N) is 1. The number of carbonyl (C=O) groups is 1. The molecule has 146 valence electrons. The van der Waals surface area contributed by atoms with Crippen LogP contribution in [0.3, 0.4) is 0 Å². The first-order chi connectivity index (χ1) is 12.6. The first-order valence-electron chi connectivity index (χ1n) is 8.60. The van der Waals surface area contributed by atoms with Crippen molar-refractivity contribution < 1.29 is 17.9 Å². The number of methoxy groups -OCH3 is 1. The van der Waals surface area contributed by atoms with Crippen molar-refractivity contribution in [2.75, 3.05) is 24.2 Å². The van der Waals surface area contributed by atoms with Gasteiger partial charge in [0.2, 0.25) is 15.9 Å². The molecule has 0 aliphatic heterocycles. The maximum absolute atomic E-state index is 12.6. The van der Waals surface area contributed by atoms with Crippen LogP contribution in [0, 0.1) is 13.8 Å². The third kappa shape index (κ3) is 5.23. The van der Waals surface area contributed by atoms with Gasteiger partial charge in [-0.2, -0.15) is 0 Å². The van der Waals surface area contributed by atoms with Gasteiger partial charge in [-0.15, -0.1) is 0 Å². The fraction of sp³-hybridized carbons (Fsp3) is 0.350. The number of carbonyl (C=O) groups excluding carboxylic acids is 1. The van der Waals surface area contributed by atoms with Crippen molar-refractivity contribution in [2.45, 2.75) is 26.8 Å². The Balaban J connectivity index is 2.22. The molecule has 1 atom stereocenters. The number of para-hydroxylation sites is 1. The molecular formula is C20H26N2O4S. The summed E-state index contributed by atoms with van der Waals surface area (Å²) in [7, 11) is -2.05. The van der Waals surface area contributed by atoms with Crippen molar-refractivity contribution >= 4 is 21.6 Å². The van der Waals surface area contributed by atoms with E-state index >= 15 is 0 Å². The minimum atomic E-state index is -3.61. The summed E-state index contributed by atoms with van der Waals surface area (Å²) in [4.78, 5) is 12.6. The maximum atomic E-state index is 12.6. The van der Waals surface area contributed by atoms with Gasteiger partial charge in [-0.3, -0.25) is 9.10 Å². The van der Waals surface area contributed by atoms with Gasteiger partial charge in [-0.1, -0.05) is 35.9 Å². The summed E-state index contributed by atoms with van der Waals surface area (Å²) in [6, 6.07) is 12.5. The number of hydrogen-bond acceptors (Lipinski definition) is 4. The molecule has 0 heterocycles. The summed E-state index contributed by atoms with van der Waals surface area (Å²) < 4.78 is 31.0. The fourth-order valence-electron chi connectivity index (χ4n) is 2.99. The number of sulfonamides is 1. The normalized spacial score (nSPS) is 12.3. The topological polar surface area (TPSA) is 75.7 Å². The van der Waals surface area contributed by atoms with Crippen molar-refractivity contribution in [3.8, 4) is 5.75 Å². The second kappa shape index (κ2) is 8.43. The quantitative estimate of drug-likeness (QED) is 0.789. The Morgan fingerprint density at radius 1 is 1.19 bits per heavy atom. The van der Waals surface area contributed by atoms with Crippen molar-refractivity contribution in [1.82, 2.24) is 5.32 Å². The van der Waals surface area contributed by atoms with E-state index in [-0.39, 0.29) is 18.5 Å². The lowest BCUT2D eigenvalue weighted by molar-refractivity contribution is -0.120. The summed E-state index contributed by atoms with van der Waals surface area (Å²) in [5.41, 5.74) is 3.15. The first-order valence-corrected chi connectivity index (χ1v) is 10.5. The second-order valence-electron chi connectivity index (χ2n) is 6.59. The van der Waals surface area contributed by atoms with Gasteiger partial charge in [0.15, 0.2) is 0 Å². The molecule has 0 spiro atoms. The molecule has 1 N–H and O–H groups in total. The molecule has 0 radical (unpaired) electrons. The van der Waals surface area contributed by atoms with E-state index in [9.17, 15) is 13.2 Å². The predicted molar refractivity (Wildman–Crippen MR) is 108 cm³/mol. The minimum Gasteiger partial charge on any atom is -0.496 e. The van der Waals surface area contributed by atoms with Crippen molar-refractivity contribution in [3.63, 3.8) is 0 Å². The Bertz CT molecular complexity index is 925. The highest BCUT2D eigenvalue weighted by molar-refractivity contribution is 7.92. The van der Waals surface area contributed by atoms with Crippen molar-refractivity contribution in [2.24, 2.45) is 0 Å². The summed E-state index contributed by atoms with van der Waals surface area (Å²) in [5, 5.41) is 2.85. The van der Waals surface area contributed by atoms with Crippen LogP contribution in [0.15, 0.2) is 42.5 Å². The second-order valence-corrected chi connectivity index (χ2v) is 8.50. The van der Waals surface area contributed by atoms with Gasteiger partial charge >= 0.3 is 0 Å².